The van der Waals surface area contributed by atoms with Crippen LogP contribution in [0.15, 0.2) is 0 Å². The standard InChI is InChI=1S/C12H23N3OS/c1-9(15(2)10-3-4-10)7-14-12(16)11-8-17-6-5-13-11/h9-11,13H,3-8H2,1-2H3,(H,14,16). The number of nitrogens with one attached hydrogen (secondary N) is 2. The maximum atomic E-state index is 11.9. The molecule has 0 aromatic carbocycles. The first-order valence-corrected chi connectivity index (χ1v) is 7.64. The van der Waals surface area contributed by atoms with E-state index in [1.807, 2.05) is 11.8 Å². The maximum Gasteiger partial charge on any atom is 0.238 e. The summed E-state index contributed by atoms with van der Waals surface area (Å²) in [4.78, 5) is 14.3. The second-order valence-corrected chi connectivity index (χ2v) is 6.22. The summed E-state index contributed by atoms with van der Waals surface area (Å²) in [5.41, 5.74) is 0. The Morgan fingerprint density at radius 1 is 1.59 bits per heavy atom. The van der Waals surface area contributed by atoms with E-state index in [4.69, 9.17) is 0 Å². The van der Waals surface area contributed by atoms with Gasteiger partial charge in [-0.05, 0) is 26.8 Å². The van der Waals surface area contributed by atoms with Gasteiger partial charge in [-0.2, -0.15) is 11.8 Å². The fourth-order valence-electron chi connectivity index (χ4n) is 2.09. The summed E-state index contributed by atoms with van der Waals surface area (Å²) in [5.74, 6) is 2.18. The number of amides is 1. The lowest BCUT2D eigenvalue weighted by Crippen LogP contribution is -2.51. The molecule has 4 nitrogen and oxygen atoms in total. The Bertz CT molecular complexity index is 264. The lowest BCUT2D eigenvalue weighted by molar-refractivity contribution is -0.122. The molecule has 98 valence electrons. The van der Waals surface area contributed by atoms with E-state index >= 15 is 0 Å². The van der Waals surface area contributed by atoms with Gasteiger partial charge in [-0.15, -0.1) is 0 Å². The minimum absolute atomic E-state index is 0.00665. The van der Waals surface area contributed by atoms with E-state index in [1.165, 1.54) is 12.8 Å². The molecule has 1 saturated heterocycles. The number of likely N-dealkylation sites (N-methyl/N-ethyl adjacent to an activating group) is 1. The molecule has 1 amide bonds. The smallest absolute Gasteiger partial charge is 0.238 e. The first-order valence-electron chi connectivity index (χ1n) is 6.49. The quantitative estimate of drug-likeness (QED) is 0.743. The largest absolute Gasteiger partial charge is 0.353 e. The lowest BCUT2D eigenvalue weighted by atomic mass is 10.2. The Morgan fingerprint density at radius 3 is 2.94 bits per heavy atom. The topological polar surface area (TPSA) is 44.4 Å². The second kappa shape index (κ2) is 6.07. The number of hydrogen-bond acceptors (Lipinski definition) is 4. The molecule has 0 spiro atoms. The Hall–Kier alpha value is -0.260. The van der Waals surface area contributed by atoms with Gasteiger partial charge >= 0.3 is 0 Å². The van der Waals surface area contributed by atoms with Crippen LogP contribution in [0, 0.1) is 0 Å². The molecule has 0 radical (unpaired) electrons. The van der Waals surface area contributed by atoms with E-state index in [1.54, 1.807) is 0 Å². The van der Waals surface area contributed by atoms with Crippen molar-refractivity contribution in [2.45, 2.75) is 37.9 Å². The number of carbonyl (C=O) groups is 1. The summed E-state index contributed by atoms with van der Waals surface area (Å²) in [5, 5.41) is 6.32. The molecule has 0 bridgehead atoms. The van der Waals surface area contributed by atoms with Gasteiger partial charge in [-0.25, -0.2) is 0 Å². The number of rotatable bonds is 5. The third-order valence-electron chi connectivity index (χ3n) is 3.63. The van der Waals surface area contributed by atoms with Gasteiger partial charge in [0.2, 0.25) is 5.91 Å². The van der Waals surface area contributed by atoms with Crippen LogP contribution >= 0.6 is 11.8 Å². The SMILES string of the molecule is CC(CNC(=O)C1CSCCN1)N(C)C1CC1. The summed E-state index contributed by atoms with van der Waals surface area (Å²) in [6.45, 7) is 3.89. The monoisotopic (exact) mass is 257 g/mol. The molecule has 5 heteroatoms. The van der Waals surface area contributed by atoms with Crippen LogP contribution in [0.2, 0.25) is 0 Å². The predicted octanol–water partition coefficient (Wildman–Crippen LogP) is 0.290. The summed E-state index contributed by atoms with van der Waals surface area (Å²) < 4.78 is 0. The van der Waals surface area contributed by atoms with Crippen LogP contribution in [0.4, 0.5) is 0 Å². The molecule has 1 aliphatic heterocycles. The third-order valence-corrected chi connectivity index (χ3v) is 4.69. The maximum absolute atomic E-state index is 11.9. The molecule has 2 atom stereocenters. The molecule has 17 heavy (non-hydrogen) atoms. The van der Waals surface area contributed by atoms with Crippen LogP contribution in [0.5, 0.6) is 0 Å². The Balaban J connectivity index is 1.67. The van der Waals surface area contributed by atoms with Crippen LogP contribution in [0.25, 0.3) is 0 Å². The van der Waals surface area contributed by atoms with Gasteiger partial charge in [0.25, 0.3) is 0 Å². The van der Waals surface area contributed by atoms with E-state index in [-0.39, 0.29) is 11.9 Å². The van der Waals surface area contributed by atoms with Crippen LogP contribution in [-0.2, 0) is 4.79 Å². The van der Waals surface area contributed by atoms with E-state index in [2.05, 4.69) is 29.5 Å². The zero-order valence-corrected chi connectivity index (χ0v) is 11.6. The zero-order chi connectivity index (χ0) is 12.3. The van der Waals surface area contributed by atoms with Crippen molar-refractivity contribution in [3.63, 3.8) is 0 Å². The molecule has 1 heterocycles. The van der Waals surface area contributed by atoms with Gasteiger partial charge in [0.1, 0.15) is 0 Å². The zero-order valence-electron chi connectivity index (χ0n) is 10.7. The minimum Gasteiger partial charge on any atom is -0.353 e. The highest BCUT2D eigenvalue weighted by molar-refractivity contribution is 7.99. The van der Waals surface area contributed by atoms with Crippen molar-refractivity contribution < 1.29 is 4.79 Å². The van der Waals surface area contributed by atoms with Crippen molar-refractivity contribution >= 4 is 17.7 Å². The molecule has 1 saturated carbocycles. The minimum atomic E-state index is 0.00665. The summed E-state index contributed by atoms with van der Waals surface area (Å²) in [6.07, 6.45) is 2.63. The van der Waals surface area contributed by atoms with Crippen molar-refractivity contribution in [3.05, 3.63) is 0 Å². The Morgan fingerprint density at radius 2 is 2.35 bits per heavy atom. The van der Waals surface area contributed by atoms with Crippen molar-refractivity contribution in [2.24, 2.45) is 0 Å². The van der Waals surface area contributed by atoms with Crippen molar-refractivity contribution in [1.82, 2.24) is 15.5 Å². The Kier molecular flexibility index (Phi) is 4.70. The second-order valence-electron chi connectivity index (χ2n) is 5.07. The molecule has 0 aromatic heterocycles. The normalized spacial score (nSPS) is 26.9. The Labute approximate surface area is 108 Å². The summed E-state index contributed by atoms with van der Waals surface area (Å²) in [7, 11) is 2.16. The first kappa shape index (κ1) is 13.2. The van der Waals surface area contributed by atoms with Gasteiger partial charge in [0.15, 0.2) is 0 Å². The molecule has 0 aromatic rings. The predicted molar refractivity (Wildman–Crippen MR) is 72.4 cm³/mol. The molecule has 2 unspecified atom stereocenters. The summed E-state index contributed by atoms with van der Waals surface area (Å²) in [6, 6.07) is 1.19. The fourth-order valence-corrected chi connectivity index (χ4v) is 3.02. The van der Waals surface area contributed by atoms with E-state index < -0.39 is 0 Å². The molecule has 2 N–H and O–H groups in total. The van der Waals surface area contributed by atoms with Gasteiger partial charge in [-0.1, -0.05) is 0 Å². The van der Waals surface area contributed by atoms with Crippen molar-refractivity contribution in [1.29, 1.82) is 0 Å². The van der Waals surface area contributed by atoms with Crippen molar-refractivity contribution in [3.8, 4) is 0 Å². The van der Waals surface area contributed by atoms with Gasteiger partial charge in [0.05, 0.1) is 6.04 Å². The summed E-state index contributed by atoms with van der Waals surface area (Å²) >= 11 is 1.85. The van der Waals surface area contributed by atoms with Crippen LogP contribution in [-0.4, -0.2) is 60.6 Å². The van der Waals surface area contributed by atoms with Gasteiger partial charge in [-0.3, -0.25) is 9.69 Å². The lowest BCUT2D eigenvalue weighted by Gasteiger charge is -2.27. The van der Waals surface area contributed by atoms with Crippen LogP contribution in [0.3, 0.4) is 0 Å². The number of thioether (sulfide) groups is 1. The highest BCUT2D eigenvalue weighted by atomic mass is 32.2. The molecule has 1 aliphatic carbocycles. The highest BCUT2D eigenvalue weighted by Crippen LogP contribution is 2.26. The fraction of sp³-hybridized carbons (Fsp3) is 0.917. The molecular formula is C12H23N3OS. The van der Waals surface area contributed by atoms with Crippen LogP contribution in [0.1, 0.15) is 19.8 Å². The van der Waals surface area contributed by atoms with E-state index in [0.717, 1.165) is 30.6 Å². The highest BCUT2D eigenvalue weighted by Gasteiger charge is 2.29. The average Bonchev–Trinajstić information content (AvgIpc) is 3.20. The first-order chi connectivity index (χ1) is 8.18. The molecule has 2 fully saturated rings. The molecule has 2 aliphatic rings. The average molecular weight is 257 g/mol. The number of hydrogen-bond donors (Lipinski definition) is 2. The van der Waals surface area contributed by atoms with Gasteiger partial charge in [0, 0.05) is 36.7 Å². The van der Waals surface area contributed by atoms with Gasteiger partial charge < -0.3 is 10.6 Å². The van der Waals surface area contributed by atoms with E-state index in [0.29, 0.717) is 6.04 Å². The van der Waals surface area contributed by atoms with Crippen LogP contribution < -0.4 is 10.6 Å². The number of nitrogens with zero attached hydrogens (tertiary/aromatic N) is 1. The molecular weight excluding hydrogens is 234 g/mol. The van der Waals surface area contributed by atoms with E-state index in [9.17, 15) is 4.79 Å². The van der Waals surface area contributed by atoms with Crippen molar-refractivity contribution in [2.75, 3.05) is 31.6 Å². The molecule has 2 rings (SSSR count). The third kappa shape index (κ3) is 3.86. The number of carbonyl (C=O) groups excluding carboxylic acids is 1.